The molecule has 6 heteroatoms. The Balaban J connectivity index is 1.93. The largest absolute Gasteiger partial charge is 0.391 e. The molecule has 1 amide bonds. The molecule has 1 fully saturated rings. The molecule has 6 nitrogen and oxygen atoms in total. The van der Waals surface area contributed by atoms with Crippen molar-refractivity contribution < 1.29 is 19.2 Å². The molecule has 1 aliphatic rings. The van der Waals surface area contributed by atoms with Crippen LogP contribution in [0.3, 0.4) is 0 Å². The van der Waals surface area contributed by atoms with Crippen molar-refractivity contribution in [1.29, 1.82) is 0 Å². The van der Waals surface area contributed by atoms with Crippen LogP contribution in [-0.4, -0.2) is 35.4 Å². The van der Waals surface area contributed by atoms with Gasteiger partial charge in [0, 0.05) is 13.2 Å². The molecule has 2 atom stereocenters. The lowest BCUT2D eigenvalue weighted by Crippen LogP contribution is -2.45. The summed E-state index contributed by atoms with van der Waals surface area (Å²) in [4.78, 5) is 11.9. The predicted octanol–water partition coefficient (Wildman–Crippen LogP) is 0.854. The highest BCUT2D eigenvalue weighted by Crippen LogP contribution is 2.18. The van der Waals surface area contributed by atoms with Crippen molar-refractivity contribution in [3.8, 4) is 0 Å². The molecule has 0 aromatic carbocycles. The van der Waals surface area contributed by atoms with Gasteiger partial charge in [-0.05, 0) is 12.8 Å². The molecule has 0 spiro atoms. The van der Waals surface area contributed by atoms with E-state index in [4.69, 9.17) is 9.26 Å². The molecule has 100 valence electrons. The van der Waals surface area contributed by atoms with Crippen molar-refractivity contribution in [3.05, 3.63) is 17.5 Å². The predicted molar refractivity (Wildman–Crippen MR) is 62.9 cm³/mol. The van der Waals surface area contributed by atoms with E-state index in [9.17, 15) is 9.90 Å². The van der Waals surface area contributed by atoms with Crippen LogP contribution in [0.2, 0.25) is 0 Å². The number of carbonyl (C=O) groups is 1. The van der Waals surface area contributed by atoms with E-state index in [1.165, 1.54) is 0 Å². The van der Waals surface area contributed by atoms with E-state index in [0.29, 0.717) is 5.76 Å². The Bertz CT molecular complexity index is 405. The molecule has 1 heterocycles. The smallest absolute Gasteiger partial charge is 0.273 e. The van der Waals surface area contributed by atoms with Gasteiger partial charge in [-0.15, -0.1) is 0 Å². The fourth-order valence-electron chi connectivity index (χ4n) is 2.15. The van der Waals surface area contributed by atoms with Gasteiger partial charge in [-0.1, -0.05) is 18.0 Å². The molecular weight excluding hydrogens is 236 g/mol. The molecule has 2 N–H and O–H groups in total. The summed E-state index contributed by atoms with van der Waals surface area (Å²) in [5, 5.41) is 16.2. The minimum atomic E-state index is -0.465. The van der Waals surface area contributed by atoms with E-state index in [-0.39, 0.29) is 24.2 Å². The van der Waals surface area contributed by atoms with E-state index in [1.807, 2.05) is 0 Å². The van der Waals surface area contributed by atoms with E-state index in [1.54, 1.807) is 13.2 Å². The third-order valence-corrected chi connectivity index (χ3v) is 3.12. The molecule has 1 aliphatic carbocycles. The lowest BCUT2D eigenvalue weighted by atomic mass is 9.92. The highest BCUT2D eigenvalue weighted by Gasteiger charge is 2.25. The summed E-state index contributed by atoms with van der Waals surface area (Å²) in [6.45, 7) is 0.284. The monoisotopic (exact) mass is 254 g/mol. The number of amides is 1. The summed E-state index contributed by atoms with van der Waals surface area (Å²) in [5.74, 6) is 0.193. The van der Waals surface area contributed by atoms with Crippen LogP contribution in [0.25, 0.3) is 0 Å². The normalized spacial score (nSPS) is 23.9. The average Bonchev–Trinajstić information content (AvgIpc) is 2.81. The number of rotatable bonds is 4. The first kappa shape index (κ1) is 13.0. The zero-order valence-electron chi connectivity index (χ0n) is 10.4. The number of carbonyl (C=O) groups excluding carboxylic acids is 1. The molecule has 0 radical (unpaired) electrons. The highest BCUT2D eigenvalue weighted by molar-refractivity contribution is 5.92. The van der Waals surface area contributed by atoms with Crippen molar-refractivity contribution in [3.63, 3.8) is 0 Å². The summed E-state index contributed by atoms with van der Waals surface area (Å²) < 4.78 is 9.83. The first-order valence-electron chi connectivity index (χ1n) is 6.14. The topological polar surface area (TPSA) is 84.6 Å². The Labute approximate surface area is 105 Å². The minimum Gasteiger partial charge on any atom is -0.391 e. The van der Waals surface area contributed by atoms with Gasteiger partial charge >= 0.3 is 0 Å². The number of hydrogen-bond donors (Lipinski definition) is 2. The van der Waals surface area contributed by atoms with E-state index in [2.05, 4.69) is 10.5 Å². The van der Waals surface area contributed by atoms with Crippen molar-refractivity contribution in [2.45, 2.75) is 44.4 Å². The quantitative estimate of drug-likeness (QED) is 0.832. The molecular formula is C12H18N2O4. The van der Waals surface area contributed by atoms with Crippen LogP contribution in [0, 0.1) is 0 Å². The van der Waals surface area contributed by atoms with Gasteiger partial charge in [0.05, 0.1) is 12.1 Å². The SMILES string of the molecule is COCc1cc(C(=O)NC2CCCCC2O)no1. The van der Waals surface area contributed by atoms with Crippen LogP contribution in [0.5, 0.6) is 0 Å². The summed E-state index contributed by atoms with van der Waals surface area (Å²) in [7, 11) is 1.54. The van der Waals surface area contributed by atoms with Gasteiger partial charge in [0.15, 0.2) is 11.5 Å². The number of aliphatic hydroxyl groups is 1. The van der Waals surface area contributed by atoms with Crippen LogP contribution < -0.4 is 5.32 Å². The van der Waals surface area contributed by atoms with Gasteiger partial charge < -0.3 is 19.7 Å². The Morgan fingerprint density at radius 3 is 3.11 bits per heavy atom. The third-order valence-electron chi connectivity index (χ3n) is 3.12. The van der Waals surface area contributed by atoms with Crippen LogP contribution >= 0.6 is 0 Å². The Hall–Kier alpha value is -1.40. The molecule has 1 aromatic heterocycles. The van der Waals surface area contributed by atoms with Crippen LogP contribution in [0.1, 0.15) is 41.9 Å². The number of aliphatic hydroxyl groups excluding tert-OH is 1. The van der Waals surface area contributed by atoms with Gasteiger partial charge in [-0.25, -0.2) is 0 Å². The highest BCUT2D eigenvalue weighted by atomic mass is 16.5. The second-order valence-corrected chi connectivity index (χ2v) is 4.54. The molecule has 18 heavy (non-hydrogen) atoms. The van der Waals surface area contributed by atoms with Crippen molar-refractivity contribution in [1.82, 2.24) is 10.5 Å². The lowest BCUT2D eigenvalue weighted by Gasteiger charge is -2.27. The van der Waals surface area contributed by atoms with Gasteiger partial charge in [0.25, 0.3) is 5.91 Å². The lowest BCUT2D eigenvalue weighted by molar-refractivity contribution is 0.0710. The first-order chi connectivity index (χ1) is 8.70. The molecule has 2 unspecified atom stereocenters. The number of nitrogens with one attached hydrogen (secondary N) is 1. The second kappa shape index (κ2) is 5.97. The second-order valence-electron chi connectivity index (χ2n) is 4.54. The van der Waals surface area contributed by atoms with Gasteiger partial charge in [0.2, 0.25) is 0 Å². The minimum absolute atomic E-state index is 0.186. The average molecular weight is 254 g/mol. The maximum absolute atomic E-state index is 11.9. The number of methoxy groups -OCH3 is 1. The maximum atomic E-state index is 11.9. The van der Waals surface area contributed by atoms with Crippen LogP contribution in [0.15, 0.2) is 10.6 Å². The third kappa shape index (κ3) is 3.08. The molecule has 1 aromatic rings. The zero-order valence-corrected chi connectivity index (χ0v) is 10.4. The standard InChI is InChI=1S/C12H18N2O4/c1-17-7-8-6-10(14-18-8)12(16)13-9-4-2-3-5-11(9)15/h6,9,11,15H,2-5,7H2,1H3,(H,13,16). The van der Waals surface area contributed by atoms with Crippen molar-refractivity contribution in [2.24, 2.45) is 0 Å². The molecule has 2 rings (SSSR count). The Morgan fingerprint density at radius 2 is 2.39 bits per heavy atom. The Kier molecular flexibility index (Phi) is 4.33. The summed E-state index contributed by atoms with van der Waals surface area (Å²) >= 11 is 0. The van der Waals surface area contributed by atoms with Crippen molar-refractivity contribution in [2.75, 3.05) is 7.11 Å². The Morgan fingerprint density at radius 1 is 1.61 bits per heavy atom. The summed E-state index contributed by atoms with van der Waals surface area (Å²) in [6.07, 6.45) is 3.10. The van der Waals surface area contributed by atoms with E-state index >= 15 is 0 Å². The summed E-state index contributed by atoms with van der Waals surface area (Å²) in [5.41, 5.74) is 0.222. The summed E-state index contributed by atoms with van der Waals surface area (Å²) in [6, 6.07) is 1.36. The maximum Gasteiger partial charge on any atom is 0.273 e. The van der Waals surface area contributed by atoms with E-state index < -0.39 is 6.10 Å². The van der Waals surface area contributed by atoms with Crippen LogP contribution in [0.4, 0.5) is 0 Å². The molecule has 0 bridgehead atoms. The van der Waals surface area contributed by atoms with Gasteiger partial charge in [-0.3, -0.25) is 4.79 Å². The zero-order chi connectivity index (χ0) is 13.0. The van der Waals surface area contributed by atoms with Gasteiger partial charge in [-0.2, -0.15) is 0 Å². The molecule has 0 saturated heterocycles. The van der Waals surface area contributed by atoms with E-state index in [0.717, 1.165) is 25.7 Å². The molecule has 0 aliphatic heterocycles. The number of nitrogens with zero attached hydrogens (tertiary/aromatic N) is 1. The van der Waals surface area contributed by atoms with Crippen molar-refractivity contribution >= 4 is 5.91 Å². The fraction of sp³-hybridized carbons (Fsp3) is 0.667. The fourth-order valence-corrected chi connectivity index (χ4v) is 2.15. The van der Waals surface area contributed by atoms with Crippen LogP contribution in [-0.2, 0) is 11.3 Å². The number of hydrogen-bond acceptors (Lipinski definition) is 5. The van der Waals surface area contributed by atoms with Gasteiger partial charge in [0.1, 0.15) is 6.61 Å². The number of ether oxygens (including phenoxy) is 1. The molecule has 1 saturated carbocycles. The first-order valence-corrected chi connectivity index (χ1v) is 6.14. The number of aromatic nitrogens is 1.